The zero-order valence-corrected chi connectivity index (χ0v) is 22.1. The van der Waals surface area contributed by atoms with E-state index in [4.69, 9.17) is 4.74 Å². The number of hydrogen-bond donors (Lipinski definition) is 2. The minimum Gasteiger partial charge on any atom is -0.497 e. The summed E-state index contributed by atoms with van der Waals surface area (Å²) >= 11 is 2.90. The normalized spacial score (nSPS) is 15.0. The Bertz CT molecular complexity index is 1270. The molecule has 186 valence electrons. The molecule has 0 atom stereocenters. The molecule has 1 aliphatic rings. The Morgan fingerprint density at radius 3 is 2.63 bits per heavy atom. The molecule has 0 aliphatic carbocycles. The van der Waals surface area contributed by atoms with Crippen molar-refractivity contribution in [1.29, 1.82) is 0 Å². The standard InChI is InChI=1S/C25H29N3O4S3/c1-32-21-7-3-5-18(15-21)25(29)26-17-23-9-10-24(34-23)35(30,31)28-13-11-19(12-14-28)27-20-6-4-8-22(16-20)33-2/h3-10,15-16,19,27H,11-14,17H2,1-2H3,(H,26,29). The van der Waals surface area contributed by atoms with E-state index in [1.54, 1.807) is 59.6 Å². The average Bonchev–Trinajstić information content (AvgIpc) is 3.38. The molecule has 2 heterocycles. The molecule has 1 amide bonds. The number of hydrogen-bond acceptors (Lipinski definition) is 7. The fourth-order valence-corrected chi connectivity index (χ4v) is 7.32. The van der Waals surface area contributed by atoms with Crippen LogP contribution in [0.4, 0.5) is 5.69 Å². The van der Waals surface area contributed by atoms with Crippen LogP contribution in [-0.2, 0) is 16.6 Å². The van der Waals surface area contributed by atoms with Crippen LogP contribution in [0.1, 0.15) is 28.1 Å². The summed E-state index contributed by atoms with van der Waals surface area (Å²) in [5.74, 6) is 0.369. The Hall–Kier alpha value is -2.53. The minimum absolute atomic E-state index is 0.237. The highest BCUT2D eigenvalue weighted by Gasteiger charge is 2.30. The van der Waals surface area contributed by atoms with E-state index in [1.165, 1.54) is 16.2 Å². The number of nitrogens with zero attached hydrogens (tertiary/aromatic N) is 1. The summed E-state index contributed by atoms with van der Waals surface area (Å²) in [6.07, 6.45) is 3.54. The maximum atomic E-state index is 13.2. The van der Waals surface area contributed by atoms with Gasteiger partial charge in [0.15, 0.2) is 0 Å². The van der Waals surface area contributed by atoms with E-state index >= 15 is 0 Å². The molecule has 0 bridgehead atoms. The van der Waals surface area contributed by atoms with Crippen molar-refractivity contribution in [3.8, 4) is 5.75 Å². The third-order valence-electron chi connectivity index (χ3n) is 5.88. The number of thiophene rings is 1. The maximum Gasteiger partial charge on any atom is 0.252 e. The number of sulfonamides is 1. The van der Waals surface area contributed by atoms with Gasteiger partial charge in [0.05, 0.1) is 13.7 Å². The number of anilines is 1. The van der Waals surface area contributed by atoms with E-state index in [-0.39, 0.29) is 18.5 Å². The van der Waals surface area contributed by atoms with Crippen LogP contribution in [0.5, 0.6) is 5.75 Å². The van der Waals surface area contributed by atoms with Gasteiger partial charge in [-0.25, -0.2) is 8.42 Å². The molecule has 10 heteroatoms. The van der Waals surface area contributed by atoms with Crippen molar-refractivity contribution >= 4 is 44.7 Å². The van der Waals surface area contributed by atoms with Gasteiger partial charge in [-0.15, -0.1) is 23.1 Å². The number of methoxy groups -OCH3 is 1. The van der Waals surface area contributed by atoms with E-state index in [9.17, 15) is 13.2 Å². The molecular weight excluding hydrogens is 502 g/mol. The van der Waals surface area contributed by atoms with Gasteiger partial charge in [0.1, 0.15) is 9.96 Å². The van der Waals surface area contributed by atoms with E-state index < -0.39 is 10.0 Å². The molecular formula is C25H29N3O4S3. The highest BCUT2D eigenvalue weighted by Crippen LogP contribution is 2.28. The molecule has 4 rings (SSSR count). The summed E-state index contributed by atoms with van der Waals surface area (Å²) in [7, 11) is -2.01. The molecule has 1 aliphatic heterocycles. The van der Waals surface area contributed by atoms with Gasteiger partial charge in [-0.05, 0) is 67.6 Å². The Kier molecular flexibility index (Phi) is 8.38. The summed E-state index contributed by atoms with van der Waals surface area (Å²) in [4.78, 5) is 14.4. The summed E-state index contributed by atoms with van der Waals surface area (Å²) in [5, 5.41) is 6.38. The fourth-order valence-electron chi connectivity index (χ4n) is 3.94. The van der Waals surface area contributed by atoms with E-state index in [1.807, 2.05) is 18.4 Å². The van der Waals surface area contributed by atoms with Gasteiger partial charge in [-0.1, -0.05) is 12.1 Å². The van der Waals surface area contributed by atoms with Gasteiger partial charge in [-0.2, -0.15) is 4.31 Å². The van der Waals surface area contributed by atoms with Gasteiger partial charge >= 0.3 is 0 Å². The van der Waals surface area contributed by atoms with Gasteiger partial charge in [0.2, 0.25) is 0 Å². The predicted molar refractivity (Wildman–Crippen MR) is 142 cm³/mol. The quantitative estimate of drug-likeness (QED) is 0.390. The lowest BCUT2D eigenvalue weighted by Gasteiger charge is -2.31. The SMILES string of the molecule is COc1cccc(C(=O)NCc2ccc(S(=O)(=O)N3CCC(Nc4cccc(SC)c4)CC3)s2)c1. The van der Waals surface area contributed by atoms with Crippen molar-refractivity contribution < 1.29 is 17.9 Å². The van der Waals surface area contributed by atoms with Crippen LogP contribution < -0.4 is 15.4 Å². The summed E-state index contributed by atoms with van der Waals surface area (Å²) in [5.41, 5.74) is 1.56. The van der Waals surface area contributed by atoms with Crippen molar-refractivity contribution in [2.75, 3.05) is 31.8 Å². The molecule has 2 N–H and O–H groups in total. The van der Waals surface area contributed by atoms with Crippen LogP contribution >= 0.6 is 23.1 Å². The second-order valence-electron chi connectivity index (χ2n) is 8.19. The average molecular weight is 532 g/mol. The first-order valence-electron chi connectivity index (χ1n) is 11.3. The van der Waals surface area contributed by atoms with Crippen molar-refractivity contribution in [3.63, 3.8) is 0 Å². The predicted octanol–water partition coefficient (Wildman–Crippen LogP) is 4.67. The molecule has 1 aromatic heterocycles. The van der Waals surface area contributed by atoms with Crippen LogP contribution in [0.3, 0.4) is 0 Å². The second kappa shape index (κ2) is 11.5. The molecule has 35 heavy (non-hydrogen) atoms. The van der Waals surface area contributed by atoms with Crippen LogP contribution in [0.25, 0.3) is 0 Å². The number of carbonyl (C=O) groups excluding carboxylic acids is 1. The molecule has 7 nitrogen and oxygen atoms in total. The second-order valence-corrected chi connectivity index (χ2v) is 12.4. The summed E-state index contributed by atoms with van der Waals surface area (Å²) in [6.45, 7) is 1.21. The molecule has 0 spiro atoms. The third-order valence-corrected chi connectivity index (χ3v) is 10.1. The number of benzene rings is 2. The monoisotopic (exact) mass is 531 g/mol. The Morgan fingerprint density at radius 2 is 1.89 bits per heavy atom. The first kappa shape index (κ1) is 25.6. The number of amides is 1. The number of piperidine rings is 1. The molecule has 1 saturated heterocycles. The largest absolute Gasteiger partial charge is 0.497 e. The summed E-state index contributed by atoms with van der Waals surface area (Å²) < 4.78 is 33.4. The van der Waals surface area contributed by atoms with Crippen LogP contribution in [0, 0.1) is 0 Å². The van der Waals surface area contributed by atoms with Crippen LogP contribution in [0.15, 0.2) is 69.8 Å². The molecule has 0 saturated carbocycles. The number of thioether (sulfide) groups is 1. The van der Waals surface area contributed by atoms with Crippen molar-refractivity contribution in [2.45, 2.75) is 34.5 Å². The number of nitrogens with one attached hydrogen (secondary N) is 2. The highest BCUT2D eigenvalue weighted by molar-refractivity contribution is 7.98. The zero-order valence-electron chi connectivity index (χ0n) is 19.7. The molecule has 0 radical (unpaired) electrons. The Balaban J connectivity index is 1.31. The lowest BCUT2D eigenvalue weighted by Crippen LogP contribution is -2.42. The Morgan fingerprint density at radius 1 is 1.11 bits per heavy atom. The van der Waals surface area contributed by atoms with Gasteiger partial charge in [0, 0.05) is 40.2 Å². The first-order valence-corrected chi connectivity index (χ1v) is 14.8. The lowest BCUT2D eigenvalue weighted by molar-refractivity contribution is 0.0951. The smallest absolute Gasteiger partial charge is 0.252 e. The van der Waals surface area contributed by atoms with Crippen molar-refractivity contribution in [3.05, 3.63) is 71.1 Å². The molecule has 2 aromatic carbocycles. The van der Waals surface area contributed by atoms with Gasteiger partial charge in [0.25, 0.3) is 15.9 Å². The fraction of sp³-hybridized carbons (Fsp3) is 0.320. The van der Waals surface area contributed by atoms with E-state index in [0.717, 1.165) is 23.4 Å². The molecule has 1 fully saturated rings. The number of carbonyl (C=O) groups is 1. The van der Waals surface area contributed by atoms with Gasteiger partial charge in [-0.3, -0.25) is 4.79 Å². The van der Waals surface area contributed by atoms with Crippen molar-refractivity contribution in [1.82, 2.24) is 9.62 Å². The van der Waals surface area contributed by atoms with E-state index in [0.29, 0.717) is 28.6 Å². The number of ether oxygens (including phenoxy) is 1. The zero-order chi connectivity index (χ0) is 24.8. The topological polar surface area (TPSA) is 87.7 Å². The number of rotatable bonds is 9. The Labute approximate surface area is 214 Å². The molecule has 0 unspecified atom stereocenters. The van der Waals surface area contributed by atoms with Gasteiger partial charge < -0.3 is 15.4 Å². The summed E-state index contributed by atoms with van der Waals surface area (Å²) in [6, 6.07) is 18.8. The van der Waals surface area contributed by atoms with Crippen LogP contribution in [0.2, 0.25) is 0 Å². The lowest BCUT2D eigenvalue weighted by atomic mass is 10.1. The third kappa shape index (κ3) is 6.38. The van der Waals surface area contributed by atoms with E-state index in [2.05, 4.69) is 22.8 Å². The minimum atomic E-state index is -3.56. The first-order chi connectivity index (χ1) is 16.9. The van der Waals surface area contributed by atoms with Crippen LogP contribution in [-0.4, -0.2) is 51.1 Å². The molecule has 3 aromatic rings. The highest BCUT2D eigenvalue weighted by atomic mass is 32.2. The van der Waals surface area contributed by atoms with Crippen molar-refractivity contribution in [2.24, 2.45) is 0 Å². The maximum absolute atomic E-state index is 13.2.